The quantitative estimate of drug-likeness (QED) is 0.775. The van der Waals surface area contributed by atoms with Crippen LogP contribution in [-0.2, 0) is 16.0 Å². The van der Waals surface area contributed by atoms with Crippen molar-refractivity contribution in [2.45, 2.75) is 25.4 Å². The Morgan fingerprint density at radius 2 is 2.12 bits per heavy atom. The maximum Gasteiger partial charge on any atom is 0.243 e. The highest BCUT2D eigenvalue weighted by Gasteiger charge is 2.31. The van der Waals surface area contributed by atoms with Crippen molar-refractivity contribution < 1.29 is 9.59 Å². The number of amides is 2. The number of benzene rings is 1. The van der Waals surface area contributed by atoms with Gasteiger partial charge in [0.1, 0.15) is 6.04 Å². The number of piperazine rings is 1. The summed E-state index contributed by atoms with van der Waals surface area (Å²) in [6.07, 6.45) is 1.33. The molecular formula is C13H16N2O2. The number of hydrogen-bond donors (Lipinski definition) is 1. The van der Waals surface area contributed by atoms with E-state index in [1.54, 1.807) is 4.90 Å². The maximum atomic E-state index is 11.9. The fourth-order valence-electron chi connectivity index (χ4n) is 2.14. The van der Waals surface area contributed by atoms with Crippen LogP contribution in [0.1, 0.15) is 12.5 Å². The summed E-state index contributed by atoms with van der Waals surface area (Å²) in [5.41, 5.74) is 1.06. The van der Waals surface area contributed by atoms with Crippen LogP contribution in [0.3, 0.4) is 0 Å². The number of hydrogen-bond acceptors (Lipinski definition) is 2. The Morgan fingerprint density at radius 3 is 2.76 bits per heavy atom. The van der Waals surface area contributed by atoms with E-state index in [-0.39, 0.29) is 18.0 Å². The number of rotatable bonds is 3. The topological polar surface area (TPSA) is 49.4 Å². The lowest BCUT2D eigenvalue weighted by molar-refractivity contribution is -0.137. The van der Waals surface area contributed by atoms with E-state index in [9.17, 15) is 9.59 Å². The molecule has 1 N–H and O–H groups in total. The van der Waals surface area contributed by atoms with E-state index >= 15 is 0 Å². The largest absolute Gasteiger partial charge is 0.350 e. The Labute approximate surface area is 101 Å². The Kier molecular flexibility index (Phi) is 3.42. The van der Waals surface area contributed by atoms with Crippen molar-refractivity contribution in [2.75, 3.05) is 6.54 Å². The van der Waals surface area contributed by atoms with E-state index in [2.05, 4.69) is 5.32 Å². The second-order valence-corrected chi connectivity index (χ2v) is 4.42. The van der Waals surface area contributed by atoms with Gasteiger partial charge in [-0.1, -0.05) is 30.3 Å². The zero-order valence-electron chi connectivity index (χ0n) is 9.80. The van der Waals surface area contributed by atoms with Gasteiger partial charge in [0, 0.05) is 19.0 Å². The van der Waals surface area contributed by atoms with Crippen molar-refractivity contribution in [3.8, 4) is 0 Å². The van der Waals surface area contributed by atoms with Gasteiger partial charge in [-0.25, -0.2) is 0 Å². The van der Waals surface area contributed by atoms with Crippen LogP contribution in [0.25, 0.3) is 0 Å². The molecule has 0 saturated carbocycles. The molecule has 0 aliphatic carbocycles. The van der Waals surface area contributed by atoms with Gasteiger partial charge in [-0.05, 0) is 12.5 Å². The van der Waals surface area contributed by atoms with Crippen LogP contribution >= 0.6 is 0 Å². The van der Waals surface area contributed by atoms with Crippen molar-refractivity contribution in [3.63, 3.8) is 0 Å². The molecule has 1 saturated heterocycles. The number of carbonyl (C=O) groups excluding carboxylic acids is 2. The third-order valence-corrected chi connectivity index (χ3v) is 2.98. The lowest BCUT2D eigenvalue weighted by Crippen LogP contribution is -2.59. The predicted octanol–water partition coefficient (Wildman–Crippen LogP) is 0.574. The zero-order chi connectivity index (χ0) is 12.3. The normalized spacial score (nSPS) is 24.3. The van der Waals surface area contributed by atoms with Gasteiger partial charge in [0.05, 0.1) is 0 Å². The molecule has 90 valence electrons. The Morgan fingerprint density at radius 1 is 1.41 bits per heavy atom. The van der Waals surface area contributed by atoms with Gasteiger partial charge in [0.25, 0.3) is 0 Å². The molecule has 1 heterocycles. The summed E-state index contributed by atoms with van der Waals surface area (Å²) in [6.45, 7) is 2.47. The van der Waals surface area contributed by atoms with E-state index in [0.717, 1.165) is 12.0 Å². The average molecular weight is 232 g/mol. The Hall–Kier alpha value is -1.84. The summed E-state index contributed by atoms with van der Waals surface area (Å²) in [5.74, 6) is -0.0697. The highest BCUT2D eigenvalue weighted by atomic mass is 16.2. The van der Waals surface area contributed by atoms with Crippen LogP contribution in [0.2, 0.25) is 0 Å². The molecule has 2 atom stereocenters. The lowest BCUT2D eigenvalue weighted by Gasteiger charge is -2.35. The molecule has 4 heteroatoms. The lowest BCUT2D eigenvalue weighted by atomic mass is 10.0. The van der Waals surface area contributed by atoms with E-state index in [1.807, 2.05) is 37.3 Å². The first-order chi connectivity index (χ1) is 8.20. The molecule has 0 radical (unpaired) electrons. The van der Waals surface area contributed by atoms with Gasteiger partial charge in [-0.2, -0.15) is 0 Å². The van der Waals surface area contributed by atoms with E-state index < -0.39 is 0 Å². The van der Waals surface area contributed by atoms with Gasteiger partial charge in [-0.15, -0.1) is 0 Å². The standard InChI is InChI=1S/C13H16N2O2/c1-10-8-15(9-16)12(13(17)14-10)7-11-5-3-2-4-6-11/h2-6,9-10,12H,7-8H2,1H3,(H,14,17)/t10?,12-/m1/s1. The van der Waals surface area contributed by atoms with Crippen molar-refractivity contribution in [1.82, 2.24) is 10.2 Å². The first-order valence-electron chi connectivity index (χ1n) is 5.76. The van der Waals surface area contributed by atoms with Gasteiger partial charge in [-0.3, -0.25) is 9.59 Å². The average Bonchev–Trinajstić information content (AvgIpc) is 2.33. The molecule has 1 fully saturated rings. The molecule has 0 aromatic heterocycles. The summed E-state index contributed by atoms with van der Waals surface area (Å²) in [4.78, 5) is 24.4. The molecule has 1 aromatic carbocycles. The first kappa shape index (κ1) is 11.6. The van der Waals surface area contributed by atoms with E-state index in [0.29, 0.717) is 13.0 Å². The SMILES string of the molecule is CC1CN(C=O)[C@H](Cc2ccccc2)C(=O)N1. The smallest absolute Gasteiger partial charge is 0.243 e. The third kappa shape index (κ3) is 2.64. The van der Waals surface area contributed by atoms with Gasteiger partial charge in [0.15, 0.2) is 0 Å². The molecule has 1 aliphatic heterocycles. The van der Waals surface area contributed by atoms with Crippen LogP contribution in [-0.4, -0.2) is 35.8 Å². The molecule has 1 aliphatic rings. The fraction of sp³-hybridized carbons (Fsp3) is 0.385. The number of carbonyl (C=O) groups is 2. The monoisotopic (exact) mass is 232 g/mol. The van der Waals surface area contributed by atoms with Gasteiger partial charge >= 0.3 is 0 Å². The minimum absolute atomic E-state index is 0.0275. The summed E-state index contributed by atoms with van der Waals surface area (Å²) in [7, 11) is 0. The molecule has 2 rings (SSSR count). The molecule has 2 amide bonds. The van der Waals surface area contributed by atoms with Crippen LogP contribution in [0.5, 0.6) is 0 Å². The number of nitrogens with one attached hydrogen (secondary N) is 1. The van der Waals surface area contributed by atoms with Gasteiger partial charge < -0.3 is 10.2 Å². The van der Waals surface area contributed by atoms with E-state index in [1.165, 1.54) is 0 Å². The molecule has 1 aromatic rings. The minimum Gasteiger partial charge on any atom is -0.350 e. The molecular weight excluding hydrogens is 216 g/mol. The van der Waals surface area contributed by atoms with Gasteiger partial charge in [0.2, 0.25) is 12.3 Å². The second kappa shape index (κ2) is 4.99. The highest BCUT2D eigenvalue weighted by molar-refractivity contribution is 5.85. The summed E-state index contributed by atoms with van der Waals surface area (Å²) in [5, 5.41) is 2.87. The van der Waals surface area contributed by atoms with Crippen molar-refractivity contribution in [1.29, 1.82) is 0 Å². The fourth-order valence-corrected chi connectivity index (χ4v) is 2.14. The van der Waals surface area contributed by atoms with Crippen molar-refractivity contribution >= 4 is 12.3 Å². The van der Waals surface area contributed by atoms with Crippen LogP contribution in [0.4, 0.5) is 0 Å². The molecule has 4 nitrogen and oxygen atoms in total. The highest BCUT2D eigenvalue weighted by Crippen LogP contribution is 2.12. The molecule has 0 spiro atoms. The Bertz CT molecular complexity index is 405. The predicted molar refractivity (Wildman–Crippen MR) is 64.3 cm³/mol. The van der Waals surface area contributed by atoms with Crippen LogP contribution < -0.4 is 5.32 Å². The summed E-state index contributed by atoms with van der Waals surface area (Å²) >= 11 is 0. The third-order valence-electron chi connectivity index (χ3n) is 2.98. The van der Waals surface area contributed by atoms with Crippen LogP contribution in [0, 0.1) is 0 Å². The van der Waals surface area contributed by atoms with Crippen molar-refractivity contribution in [2.24, 2.45) is 0 Å². The number of nitrogens with zero attached hydrogens (tertiary/aromatic N) is 1. The van der Waals surface area contributed by atoms with Crippen LogP contribution in [0.15, 0.2) is 30.3 Å². The summed E-state index contributed by atoms with van der Waals surface area (Å²) < 4.78 is 0. The molecule has 1 unspecified atom stereocenters. The molecule has 0 bridgehead atoms. The first-order valence-corrected chi connectivity index (χ1v) is 5.76. The van der Waals surface area contributed by atoms with E-state index in [4.69, 9.17) is 0 Å². The van der Waals surface area contributed by atoms with Crippen molar-refractivity contribution in [3.05, 3.63) is 35.9 Å². The Balaban J connectivity index is 2.12. The second-order valence-electron chi connectivity index (χ2n) is 4.42. The summed E-state index contributed by atoms with van der Waals surface area (Å²) in [6, 6.07) is 9.38. The zero-order valence-corrected chi connectivity index (χ0v) is 9.80. The maximum absolute atomic E-state index is 11.9. The molecule has 17 heavy (non-hydrogen) atoms. The minimum atomic E-state index is -0.383.